The Morgan fingerprint density at radius 3 is 2.89 bits per heavy atom. The Bertz CT molecular complexity index is 139. The molecule has 0 aromatic carbocycles. The molecule has 1 N–H and O–H groups in total. The van der Waals surface area contributed by atoms with E-state index in [4.69, 9.17) is 0 Å². The first-order valence-corrected chi connectivity index (χ1v) is 3.48. The van der Waals surface area contributed by atoms with Crippen molar-refractivity contribution in [2.24, 2.45) is 0 Å². The van der Waals surface area contributed by atoms with Crippen molar-refractivity contribution in [2.75, 3.05) is 7.05 Å². The summed E-state index contributed by atoms with van der Waals surface area (Å²) in [4.78, 5) is 1.40. The van der Waals surface area contributed by atoms with Crippen LogP contribution in [0.2, 0.25) is 0 Å². The molecule has 0 aliphatic carbocycles. The molecule has 0 saturated carbocycles. The highest BCUT2D eigenvalue weighted by Gasteiger charge is 1.86. The Morgan fingerprint density at radius 2 is 2.44 bits per heavy atom. The second-order valence-electron chi connectivity index (χ2n) is 1.61. The summed E-state index contributed by atoms with van der Waals surface area (Å²) in [6, 6.07) is 4.19. The number of nitrogens with one attached hydrogen (secondary N) is 1. The highest BCUT2D eigenvalue weighted by atomic mass is 35.5. The predicted octanol–water partition coefficient (Wildman–Crippen LogP) is -1.53. The van der Waals surface area contributed by atoms with Crippen LogP contribution in [0.1, 0.15) is 4.88 Å². The van der Waals surface area contributed by atoms with Gasteiger partial charge in [-0.25, -0.2) is 0 Å². The average Bonchev–Trinajstić information content (AvgIpc) is 2.19. The van der Waals surface area contributed by atoms with Crippen molar-refractivity contribution in [3.63, 3.8) is 0 Å². The second-order valence-corrected chi connectivity index (χ2v) is 2.64. The Morgan fingerprint density at radius 1 is 1.67 bits per heavy atom. The molecule has 0 atom stereocenters. The van der Waals surface area contributed by atoms with E-state index in [0.29, 0.717) is 0 Å². The van der Waals surface area contributed by atoms with E-state index in [9.17, 15) is 0 Å². The van der Waals surface area contributed by atoms with Crippen molar-refractivity contribution in [1.82, 2.24) is 5.32 Å². The molecule has 52 valence electrons. The Balaban J connectivity index is 0.000000640. The molecule has 9 heavy (non-hydrogen) atoms. The zero-order valence-corrected chi connectivity index (χ0v) is 6.80. The van der Waals surface area contributed by atoms with Gasteiger partial charge in [-0.2, -0.15) is 0 Å². The molecular formula is C6H9ClNS-. The van der Waals surface area contributed by atoms with Crippen LogP contribution in [0.5, 0.6) is 0 Å². The summed E-state index contributed by atoms with van der Waals surface area (Å²) in [5.41, 5.74) is 0. The normalized spacial score (nSPS) is 8.56. The molecule has 1 aromatic rings. The lowest BCUT2D eigenvalue weighted by atomic mass is 10.5. The quantitative estimate of drug-likeness (QED) is 0.557. The number of hydrogen-bond donors (Lipinski definition) is 1. The molecule has 0 unspecified atom stereocenters. The Hall–Kier alpha value is -0.0500. The molecule has 0 aliphatic rings. The van der Waals surface area contributed by atoms with Gasteiger partial charge in [0.25, 0.3) is 0 Å². The minimum Gasteiger partial charge on any atom is -1.00 e. The van der Waals surface area contributed by atoms with Gasteiger partial charge in [0, 0.05) is 11.4 Å². The third-order valence-electron chi connectivity index (χ3n) is 0.931. The van der Waals surface area contributed by atoms with Crippen molar-refractivity contribution in [2.45, 2.75) is 6.54 Å². The molecule has 1 nitrogen and oxygen atoms in total. The van der Waals surface area contributed by atoms with E-state index < -0.39 is 0 Å². The molecule has 0 aliphatic heterocycles. The number of halogens is 1. The summed E-state index contributed by atoms with van der Waals surface area (Å²) in [6.45, 7) is 0.998. The van der Waals surface area contributed by atoms with E-state index in [1.54, 1.807) is 11.3 Å². The van der Waals surface area contributed by atoms with Crippen LogP contribution in [-0.2, 0) is 6.54 Å². The Labute approximate surface area is 65.5 Å². The summed E-state index contributed by atoms with van der Waals surface area (Å²) in [7, 11) is 1.96. The average molecular weight is 163 g/mol. The third kappa shape index (κ3) is 2.84. The molecule has 0 fully saturated rings. The first-order valence-electron chi connectivity index (χ1n) is 2.60. The zero-order chi connectivity index (χ0) is 5.82. The number of rotatable bonds is 2. The number of thiophene rings is 1. The van der Waals surface area contributed by atoms with E-state index in [0.717, 1.165) is 6.54 Å². The Kier molecular flexibility index (Phi) is 4.77. The first kappa shape index (κ1) is 8.95. The minimum absolute atomic E-state index is 0. The third-order valence-corrected chi connectivity index (χ3v) is 1.81. The van der Waals surface area contributed by atoms with Crippen molar-refractivity contribution >= 4 is 11.3 Å². The molecular weight excluding hydrogens is 154 g/mol. The fraction of sp³-hybridized carbons (Fsp3) is 0.333. The van der Waals surface area contributed by atoms with Crippen molar-refractivity contribution < 1.29 is 12.4 Å². The summed E-state index contributed by atoms with van der Waals surface area (Å²) in [5, 5.41) is 5.17. The maximum atomic E-state index is 3.08. The van der Waals surface area contributed by atoms with Gasteiger partial charge in [-0.05, 0) is 18.5 Å². The van der Waals surface area contributed by atoms with Crippen LogP contribution in [0, 0.1) is 0 Å². The molecule has 3 heteroatoms. The zero-order valence-electron chi connectivity index (χ0n) is 5.23. The maximum Gasteiger partial charge on any atom is 0.0296 e. The van der Waals surface area contributed by atoms with Crippen LogP contribution in [-0.4, -0.2) is 7.05 Å². The van der Waals surface area contributed by atoms with Gasteiger partial charge in [-0.15, -0.1) is 11.3 Å². The van der Waals surface area contributed by atoms with E-state index in [1.165, 1.54) is 4.88 Å². The second kappa shape index (κ2) is 4.79. The smallest absolute Gasteiger partial charge is 0.0296 e. The molecule has 1 heterocycles. The van der Waals surface area contributed by atoms with Gasteiger partial charge in [-0.1, -0.05) is 6.07 Å². The van der Waals surface area contributed by atoms with Crippen LogP contribution in [0.25, 0.3) is 0 Å². The molecule has 0 radical (unpaired) electrons. The van der Waals surface area contributed by atoms with Crippen LogP contribution >= 0.6 is 11.3 Å². The molecule has 1 aromatic heterocycles. The van der Waals surface area contributed by atoms with Gasteiger partial charge in [0.15, 0.2) is 0 Å². The fourth-order valence-electron chi connectivity index (χ4n) is 0.587. The van der Waals surface area contributed by atoms with Gasteiger partial charge in [0.1, 0.15) is 0 Å². The van der Waals surface area contributed by atoms with Gasteiger partial charge >= 0.3 is 0 Å². The molecule has 0 amide bonds. The minimum atomic E-state index is 0. The van der Waals surface area contributed by atoms with Gasteiger partial charge in [0.2, 0.25) is 0 Å². The predicted molar refractivity (Wildman–Crippen MR) is 37.1 cm³/mol. The van der Waals surface area contributed by atoms with Crippen molar-refractivity contribution in [1.29, 1.82) is 0 Å². The standard InChI is InChI=1S/C6H9NS.ClH/c1-7-5-6-3-2-4-8-6;/h2-4,7H,5H2,1H3;1H/p-1. The lowest BCUT2D eigenvalue weighted by Crippen LogP contribution is -3.00. The monoisotopic (exact) mass is 162 g/mol. The molecule has 0 spiro atoms. The van der Waals surface area contributed by atoms with Crippen LogP contribution < -0.4 is 17.7 Å². The SMILES string of the molecule is CNCc1cccs1.[Cl-]. The van der Waals surface area contributed by atoms with E-state index in [-0.39, 0.29) is 12.4 Å². The highest BCUT2D eigenvalue weighted by molar-refractivity contribution is 7.09. The molecule has 0 saturated heterocycles. The first-order chi connectivity index (χ1) is 3.93. The van der Waals surface area contributed by atoms with Crippen molar-refractivity contribution in [3.8, 4) is 0 Å². The van der Waals surface area contributed by atoms with Gasteiger partial charge in [0.05, 0.1) is 0 Å². The van der Waals surface area contributed by atoms with Crippen LogP contribution in [0.3, 0.4) is 0 Å². The topological polar surface area (TPSA) is 12.0 Å². The largest absolute Gasteiger partial charge is 1.00 e. The van der Waals surface area contributed by atoms with Gasteiger partial charge in [-0.3, -0.25) is 0 Å². The lowest BCUT2D eigenvalue weighted by Gasteiger charge is -1.89. The van der Waals surface area contributed by atoms with E-state index in [2.05, 4.69) is 22.8 Å². The summed E-state index contributed by atoms with van der Waals surface area (Å²) in [5.74, 6) is 0. The van der Waals surface area contributed by atoms with E-state index >= 15 is 0 Å². The van der Waals surface area contributed by atoms with Crippen LogP contribution in [0.15, 0.2) is 17.5 Å². The number of hydrogen-bond acceptors (Lipinski definition) is 2. The van der Waals surface area contributed by atoms with Crippen molar-refractivity contribution in [3.05, 3.63) is 22.4 Å². The van der Waals surface area contributed by atoms with Crippen LogP contribution in [0.4, 0.5) is 0 Å². The maximum absolute atomic E-state index is 3.08. The fourth-order valence-corrected chi connectivity index (χ4v) is 1.30. The van der Waals surface area contributed by atoms with Gasteiger partial charge < -0.3 is 17.7 Å². The summed E-state index contributed by atoms with van der Waals surface area (Å²) >= 11 is 1.78. The molecule has 0 bridgehead atoms. The van der Waals surface area contributed by atoms with E-state index in [1.807, 2.05) is 7.05 Å². The summed E-state index contributed by atoms with van der Waals surface area (Å²) < 4.78 is 0. The lowest BCUT2D eigenvalue weighted by molar-refractivity contribution is -0.00000163. The molecule has 1 rings (SSSR count). The highest BCUT2D eigenvalue weighted by Crippen LogP contribution is 2.06. The summed E-state index contributed by atoms with van der Waals surface area (Å²) in [6.07, 6.45) is 0.